The van der Waals surface area contributed by atoms with Gasteiger partial charge in [-0.2, -0.15) is 36.4 Å². The smallest absolute Gasteiger partial charge is 0.214 e. The molecule has 0 N–H and O–H groups in total. The standard InChI is InChI=1S/2C5H5.C2H7P.Co/c2*1-2-4-5-3-1;1-3-2;/h2*1-5H;3H,1-2H3;/q2*-1;;+2. The van der Waals surface area contributed by atoms with Crippen molar-refractivity contribution in [1.29, 1.82) is 0 Å². The summed E-state index contributed by atoms with van der Waals surface area (Å²) in [7, 11) is 1.08. The van der Waals surface area contributed by atoms with Crippen LogP contribution in [0.2, 0.25) is 0 Å². The summed E-state index contributed by atoms with van der Waals surface area (Å²) in [4.78, 5) is 0. The van der Waals surface area contributed by atoms with Crippen molar-refractivity contribution in [3.05, 3.63) is 60.7 Å². The average molecular weight is 251 g/mol. The quantitative estimate of drug-likeness (QED) is 0.494. The van der Waals surface area contributed by atoms with E-state index in [0.717, 1.165) is 8.58 Å². The Bertz CT molecular complexity index is 162. The fourth-order valence-electron chi connectivity index (χ4n) is 0.642. The molecule has 2 rings (SSSR count). The van der Waals surface area contributed by atoms with Gasteiger partial charge in [0.15, 0.2) is 0 Å². The summed E-state index contributed by atoms with van der Waals surface area (Å²) in [6.45, 7) is 4.31. The molecule has 0 atom stereocenters. The molecule has 1 radical (unpaired) electrons. The topological polar surface area (TPSA) is 0 Å². The third-order valence-corrected chi connectivity index (χ3v) is 1.11. The van der Waals surface area contributed by atoms with Crippen LogP contribution in [-0.4, -0.2) is 13.3 Å². The maximum Gasteiger partial charge on any atom is 2.00 e. The van der Waals surface area contributed by atoms with Crippen LogP contribution < -0.4 is 0 Å². The first-order valence-electron chi connectivity index (χ1n) is 4.33. The monoisotopic (exact) mass is 251 g/mol. The van der Waals surface area contributed by atoms with Crippen molar-refractivity contribution < 1.29 is 16.8 Å². The normalized spacial score (nSPS) is 7.00. The van der Waals surface area contributed by atoms with E-state index >= 15 is 0 Å². The second-order valence-corrected chi connectivity index (χ2v) is 3.42. The maximum atomic E-state index is 2.15. The van der Waals surface area contributed by atoms with E-state index in [9.17, 15) is 0 Å². The zero-order valence-electron chi connectivity index (χ0n) is 8.61. The molecule has 0 aliphatic heterocycles. The van der Waals surface area contributed by atoms with Crippen LogP contribution in [0, 0.1) is 0 Å². The minimum atomic E-state index is 0. The van der Waals surface area contributed by atoms with Crippen LogP contribution in [0.4, 0.5) is 0 Å². The van der Waals surface area contributed by atoms with Crippen LogP contribution in [0.15, 0.2) is 60.7 Å². The average Bonchev–Trinajstić information content (AvgIpc) is 2.85. The van der Waals surface area contributed by atoms with Crippen molar-refractivity contribution in [3.63, 3.8) is 0 Å². The molecule has 2 heteroatoms. The first kappa shape index (κ1) is 16.1. The molecule has 0 aliphatic carbocycles. The summed E-state index contributed by atoms with van der Waals surface area (Å²) in [5.41, 5.74) is 0. The minimum absolute atomic E-state index is 0. The SMILES string of the molecule is CPC.[Co+2].c1cc[cH-]c1.c1cc[cH-]c1. The Balaban J connectivity index is 0. The molecule has 0 amide bonds. The predicted molar refractivity (Wildman–Crippen MR) is 64.2 cm³/mol. The van der Waals surface area contributed by atoms with Crippen LogP contribution in [0.1, 0.15) is 0 Å². The van der Waals surface area contributed by atoms with Crippen molar-refractivity contribution >= 4 is 8.58 Å². The van der Waals surface area contributed by atoms with Crippen molar-refractivity contribution in [2.75, 3.05) is 13.3 Å². The molecule has 0 unspecified atom stereocenters. The fourth-order valence-corrected chi connectivity index (χ4v) is 0.642. The molecule has 2 aromatic carbocycles. The van der Waals surface area contributed by atoms with E-state index in [1.54, 1.807) is 0 Å². The van der Waals surface area contributed by atoms with Gasteiger partial charge < -0.3 is 0 Å². The Hall–Kier alpha value is -0.364. The Morgan fingerprint density at radius 2 is 0.929 bits per heavy atom. The van der Waals surface area contributed by atoms with Gasteiger partial charge in [-0.05, 0) is 13.3 Å². The third-order valence-electron chi connectivity index (χ3n) is 1.11. The number of hydrogen-bond acceptors (Lipinski definition) is 0. The van der Waals surface area contributed by atoms with Crippen LogP contribution >= 0.6 is 8.58 Å². The summed E-state index contributed by atoms with van der Waals surface area (Å²) < 4.78 is 0. The molecule has 0 aromatic heterocycles. The van der Waals surface area contributed by atoms with Gasteiger partial charge >= 0.3 is 16.8 Å². The Kier molecular flexibility index (Phi) is 17.4. The van der Waals surface area contributed by atoms with E-state index in [-0.39, 0.29) is 16.8 Å². The van der Waals surface area contributed by atoms with Crippen molar-refractivity contribution in [3.8, 4) is 0 Å². The Morgan fingerprint density at radius 3 is 1.00 bits per heavy atom. The van der Waals surface area contributed by atoms with Gasteiger partial charge in [-0.3, -0.25) is 0 Å². The summed E-state index contributed by atoms with van der Waals surface area (Å²) >= 11 is 0. The van der Waals surface area contributed by atoms with Gasteiger partial charge in [0.25, 0.3) is 0 Å². The second kappa shape index (κ2) is 15.1. The van der Waals surface area contributed by atoms with E-state index in [4.69, 9.17) is 0 Å². The summed E-state index contributed by atoms with van der Waals surface area (Å²) in [6.07, 6.45) is 0. The predicted octanol–water partition coefficient (Wildman–Crippen LogP) is 3.73. The molecule has 0 nitrogen and oxygen atoms in total. The Labute approximate surface area is 99.4 Å². The van der Waals surface area contributed by atoms with Crippen molar-refractivity contribution in [2.24, 2.45) is 0 Å². The van der Waals surface area contributed by atoms with Crippen LogP contribution in [0.3, 0.4) is 0 Å². The van der Waals surface area contributed by atoms with Gasteiger partial charge in [-0.1, -0.05) is 0 Å². The van der Waals surface area contributed by atoms with Gasteiger partial charge in [0, 0.05) is 0 Å². The number of rotatable bonds is 0. The van der Waals surface area contributed by atoms with E-state index in [1.807, 2.05) is 60.7 Å². The molecule has 2 aromatic rings. The van der Waals surface area contributed by atoms with Crippen LogP contribution in [0.5, 0.6) is 0 Å². The molecular weight excluding hydrogens is 234 g/mol. The molecule has 0 spiro atoms. The number of hydrogen-bond donors (Lipinski definition) is 0. The van der Waals surface area contributed by atoms with E-state index in [0.29, 0.717) is 0 Å². The molecule has 0 bridgehead atoms. The van der Waals surface area contributed by atoms with E-state index in [1.165, 1.54) is 0 Å². The molecule has 79 valence electrons. The van der Waals surface area contributed by atoms with E-state index < -0.39 is 0 Å². The minimum Gasteiger partial charge on any atom is -0.214 e. The van der Waals surface area contributed by atoms with Gasteiger partial charge in [-0.15, -0.1) is 8.58 Å². The van der Waals surface area contributed by atoms with Gasteiger partial charge in [-0.25, -0.2) is 24.3 Å². The van der Waals surface area contributed by atoms with Crippen LogP contribution in [-0.2, 0) is 16.8 Å². The molecule has 14 heavy (non-hydrogen) atoms. The molecule has 0 saturated carbocycles. The zero-order chi connectivity index (χ0) is 9.78. The summed E-state index contributed by atoms with van der Waals surface area (Å²) in [6, 6.07) is 20.0. The van der Waals surface area contributed by atoms with Crippen molar-refractivity contribution in [2.45, 2.75) is 0 Å². The largest absolute Gasteiger partial charge is 2.00 e. The van der Waals surface area contributed by atoms with Gasteiger partial charge in [0.05, 0.1) is 0 Å². The molecule has 0 saturated heterocycles. The van der Waals surface area contributed by atoms with Gasteiger partial charge in [0.1, 0.15) is 0 Å². The fraction of sp³-hybridized carbons (Fsp3) is 0.167. The first-order chi connectivity index (χ1) is 6.41. The van der Waals surface area contributed by atoms with Crippen LogP contribution in [0.25, 0.3) is 0 Å². The first-order valence-corrected chi connectivity index (χ1v) is 6.33. The molecular formula is C12H17CoP. The van der Waals surface area contributed by atoms with Crippen molar-refractivity contribution in [1.82, 2.24) is 0 Å². The van der Waals surface area contributed by atoms with Gasteiger partial charge in [0.2, 0.25) is 0 Å². The second-order valence-electron chi connectivity index (χ2n) is 2.42. The Morgan fingerprint density at radius 1 is 0.714 bits per heavy atom. The summed E-state index contributed by atoms with van der Waals surface area (Å²) in [5.74, 6) is 0. The maximum absolute atomic E-state index is 2.15. The zero-order valence-corrected chi connectivity index (χ0v) is 10.6. The molecule has 0 aliphatic rings. The van der Waals surface area contributed by atoms with E-state index in [2.05, 4.69) is 13.3 Å². The summed E-state index contributed by atoms with van der Waals surface area (Å²) in [5, 5.41) is 0. The molecule has 0 fully saturated rings. The third kappa shape index (κ3) is 14.2. The molecule has 0 heterocycles.